The maximum Gasteiger partial charge on any atom is 0.416 e. The maximum absolute atomic E-state index is 12.8. The third-order valence-electron chi connectivity index (χ3n) is 5.12. The van der Waals surface area contributed by atoms with Gasteiger partial charge in [-0.15, -0.1) is 0 Å². The number of carboxylic acid groups (broad SMARTS) is 2. The van der Waals surface area contributed by atoms with E-state index in [9.17, 15) is 33.0 Å². The highest BCUT2D eigenvalue weighted by atomic mass is 19.4. The molecule has 0 spiro atoms. The number of azo groups is 1. The minimum Gasteiger partial charge on any atom is -0.507 e. The molecule has 0 aliphatic rings. The van der Waals surface area contributed by atoms with E-state index < -0.39 is 29.4 Å². The van der Waals surface area contributed by atoms with Crippen LogP contribution in [0, 0.1) is 0 Å². The fourth-order valence-corrected chi connectivity index (χ4v) is 3.31. The van der Waals surface area contributed by atoms with Gasteiger partial charge in [-0.25, -0.2) is 19.6 Å². The predicted molar refractivity (Wildman–Crippen MR) is 128 cm³/mol. The topological polar surface area (TPSA) is 157 Å². The van der Waals surface area contributed by atoms with E-state index in [2.05, 4.69) is 25.5 Å². The number of aromatic nitrogens is 2. The molecule has 10 nitrogen and oxygen atoms in total. The van der Waals surface area contributed by atoms with Gasteiger partial charge >= 0.3 is 18.1 Å². The summed E-state index contributed by atoms with van der Waals surface area (Å²) in [5.41, 5.74) is -0.323. The number of aromatic hydroxyl groups is 1. The van der Waals surface area contributed by atoms with E-state index in [1.54, 1.807) is 0 Å². The number of carboxylic acids is 2. The highest BCUT2D eigenvalue weighted by Crippen LogP contribution is 2.32. The summed E-state index contributed by atoms with van der Waals surface area (Å²) in [4.78, 5) is 31.3. The van der Waals surface area contributed by atoms with Crippen LogP contribution in [0.1, 0.15) is 26.3 Å². The van der Waals surface area contributed by atoms with Crippen LogP contribution < -0.4 is 5.32 Å². The average Bonchev–Trinajstić information content (AvgIpc) is 2.87. The Morgan fingerprint density at radius 3 is 2.08 bits per heavy atom. The number of alkyl halides is 3. The third kappa shape index (κ3) is 5.90. The molecule has 0 saturated heterocycles. The number of anilines is 2. The molecule has 0 bridgehead atoms. The molecule has 0 unspecified atom stereocenters. The molecule has 192 valence electrons. The van der Waals surface area contributed by atoms with E-state index in [0.29, 0.717) is 0 Å². The molecule has 0 aliphatic carbocycles. The zero-order valence-corrected chi connectivity index (χ0v) is 19.0. The second kappa shape index (κ2) is 10.3. The van der Waals surface area contributed by atoms with Crippen molar-refractivity contribution in [3.8, 4) is 17.0 Å². The first kappa shape index (κ1) is 25.8. The summed E-state index contributed by atoms with van der Waals surface area (Å²) in [5, 5.41) is 39.1. The minimum absolute atomic E-state index is 0.0101. The van der Waals surface area contributed by atoms with Crippen molar-refractivity contribution >= 4 is 34.9 Å². The van der Waals surface area contributed by atoms with Crippen LogP contribution in [-0.2, 0) is 6.18 Å². The zero-order chi connectivity index (χ0) is 27.4. The first-order valence-electron chi connectivity index (χ1n) is 10.6. The average molecular weight is 523 g/mol. The molecule has 4 N–H and O–H groups in total. The number of phenols is 1. The van der Waals surface area contributed by atoms with Crippen molar-refractivity contribution < 1.29 is 38.1 Å². The molecule has 3 aromatic carbocycles. The monoisotopic (exact) mass is 523 g/mol. The number of hydrogen-bond acceptors (Lipinski definition) is 8. The molecule has 1 heterocycles. The van der Waals surface area contributed by atoms with Crippen LogP contribution in [0.3, 0.4) is 0 Å². The van der Waals surface area contributed by atoms with Crippen molar-refractivity contribution in [2.75, 3.05) is 5.32 Å². The lowest BCUT2D eigenvalue weighted by atomic mass is 10.0. The summed E-state index contributed by atoms with van der Waals surface area (Å²) in [6.45, 7) is 0. The molecule has 4 rings (SSSR count). The SMILES string of the molecule is O=C(O)c1cc(N=Nc2ccc(C(=O)O)c(-c3ccnc(Nc4ccc(C(F)(F)F)cc4)n3)c2)ccc1O. The van der Waals surface area contributed by atoms with Gasteiger partial charge in [0.25, 0.3) is 0 Å². The molecule has 0 aliphatic heterocycles. The Morgan fingerprint density at radius 1 is 0.816 bits per heavy atom. The van der Waals surface area contributed by atoms with Gasteiger partial charge in [-0.3, -0.25) is 0 Å². The first-order valence-corrected chi connectivity index (χ1v) is 10.6. The number of nitrogens with zero attached hydrogens (tertiary/aromatic N) is 4. The molecule has 1 aromatic heterocycles. The molecule has 4 aromatic rings. The summed E-state index contributed by atoms with van der Waals surface area (Å²) in [7, 11) is 0. The van der Waals surface area contributed by atoms with Crippen LogP contribution in [0.5, 0.6) is 5.75 Å². The maximum atomic E-state index is 12.8. The summed E-state index contributed by atoms with van der Waals surface area (Å²) in [6, 6.07) is 13.4. The van der Waals surface area contributed by atoms with Gasteiger partial charge in [0.1, 0.15) is 11.3 Å². The summed E-state index contributed by atoms with van der Waals surface area (Å²) in [5.74, 6) is -3.02. The fraction of sp³-hybridized carbons (Fsp3) is 0.0400. The van der Waals surface area contributed by atoms with Crippen molar-refractivity contribution in [2.24, 2.45) is 10.2 Å². The Morgan fingerprint density at radius 2 is 1.45 bits per heavy atom. The fourth-order valence-electron chi connectivity index (χ4n) is 3.31. The van der Waals surface area contributed by atoms with Gasteiger partial charge in [0, 0.05) is 17.4 Å². The Hall–Kier alpha value is -5.33. The molecule has 0 atom stereocenters. The van der Waals surface area contributed by atoms with E-state index in [1.165, 1.54) is 48.7 Å². The molecular formula is C25H16F3N5O5. The molecule has 0 fully saturated rings. The van der Waals surface area contributed by atoms with Gasteiger partial charge < -0.3 is 20.6 Å². The normalized spacial score (nSPS) is 11.4. The van der Waals surface area contributed by atoms with Gasteiger partial charge in [-0.2, -0.15) is 23.4 Å². The van der Waals surface area contributed by atoms with Gasteiger partial charge in [-0.1, -0.05) is 0 Å². The largest absolute Gasteiger partial charge is 0.507 e. The number of carbonyl (C=O) groups is 2. The second-order valence-electron chi connectivity index (χ2n) is 7.71. The summed E-state index contributed by atoms with van der Waals surface area (Å²) >= 11 is 0. The minimum atomic E-state index is -4.48. The zero-order valence-electron chi connectivity index (χ0n) is 19.0. The summed E-state index contributed by atoms with van der Waals surface area (Å²) < 4.78 is 38.4. The Bertz CT molecular complexity index is 1560. The van der Waals surface area contributed by atoms with Crippen LogP contribution >= 0.6 is 0 Å². The van der Waals surface area contributed by atoms with E-state index >= 15 is 0 Å². The Kier molecular flexibility index (Phi) is 7.01. The van der Waals surface area contributed by atoms with Crippen molar-refractivity contribution in [3.05, 3.63) is 89.6 Å². The van der Waals surface area contributed by atoms with Gasteiger partial charge in [0.2, 0.25) is 5.95 Å². The number of hydrogen-bond donors (Lipinski definition) is 4. The Balaban J connectivity index is 1.64. The highest BCUT2D eigenvalue weighted by Gasteiger charge is 2.30. The van der Waals surface area contributed by atoms with Gasteiger partial charge in [0.15, 0.2) is 0 Å². The molecule has 0 saturated carbocycles. The number of nitrogens with one attached hydrogen (secondary N) is 1. The lowest BCUT2D eigenvalue weighted by Gasteiger charge is -2.10. The third-order valence-corrected chi connectivity index (χ3v) is 5.12. The van der Waals surface area contributed by atoms with Gasteiger partial charge in [-0.05, 0) is 66.7 Å². The first-order chi connectivity index (χ1) is 18.0. The summed E-state index contributed by atoms with van der Waals surface area (Å²) in [6.07, 6.45) is -3.14. The molecular weight excluding hydrogens is 507 g/mol. The van der Waals surface area contributed by atoms with Crippen LogP contribution in [-0.4, -0.2) is 37.2 Å². The Labute approximate surface area is 211 Å². The van der Waals surface area contributed by atoms with E-state index in [0.717, 1.165) is 24.3 Å². The van der Waals surface area contributed by atoms with Crippen LogP contribution in [0.4, 0.5) is 36.2 Å². The number of halogens is 3. The molecule has 0 amide bonds. The lowest BCUT2D eigenvalue weighted by molar-refractivity contribution is -0.137. The molecule has 0 radical (unpaired) electrons. The number of benzene rings is 3. The van der Waals surface area contributed by atoms with E-state index in [1.807, 2.05) is 0 Å². The quantitative estimate of drug-likeness (QED) is 0.202. The van der Waals surface area contributed by atoms with Gasteiger partial charge in [0.05, 0.1) is 28.2 Å². The molecule has 13 heteroatoms. The van der Waals surface area contributed by atoms with Crippen molar-refractivity contribution in [1.82, 2.24) is 9.97 Å². The van der Waals surface area contributed by atoms with E-state index in [4.69, 9.17) is 5.11 Å². The van der Waals surface area contributed by atoms with Crippen LogP contribution in [0.2, 0.25) is 0 Å². The lowest BCUT2D eigenvalue weighted by Crippen LogP contribution is -2.05. The van der Waals surface area contributed by atoms with Crippen LogP contribution in [0.25, 0.3) is 11.3 Å². The van der Waals surface area contributed by atoms with Crippen molar-refractivity contribution in [2.45, 2.75) is 6.18 Å². The standard InChI is InChI=1S/C25H16F3N5O5/c26-25(27,28)13-1-3-14(4-2-13)30-24-29-10-9-20(31-24)18-11-15(5-7-17(18)22(35)36)32-33-16-6-8-21(34)19(12-16)23(37)38/h1-12,34H,(H,35,36)(H,37,38)(H,29,30,31). The number of aromatic carboxylic acids is 2. The van der Waals surface area contributed by atoms with Crippen molar-refractivity contribution in [3.63, 3.8) is 0 Å². The predicted octanol–water partition coefficient (Wildman–Crippen LogP) is 6.42. The highest BCUT2D eigenvalue weighted by molar-refractivity contribution is 5.96. The molecule has 38 heavy (non-hydrogen) atoms. The second-order valence-corrected chi connectivity index (χ2v) is 7.71. The smallest absolute Gasteiger partial charge is 0.416 e. The van der Waals surface area contributed by atoms with E-state index in [-0.39, 0.29) is 45.4 Å². The van der Waals surface area contributed by atoms with Crippen molar-refractivity contribution in [1.29, 1.82) is 0 Å². The number of rotatable bonds is 7. The van der Waals surface area contributed by atoms with Crippen LogP contribution in [0.15, 0.2) is 83.2 Å².